The topological polar surface area (TPSA) is 50.2 Å². The Hall–Kier alpha value is -2.29. The van der Waals surface area contributed by atoms with E-state index < -0.39 is 0 Å². The molecule has 2 heterocycles. The first-order chi connectivity index (χ1) is 15.1. The second kappa shape index (κ2) is 11.7. The van der Waals surface area contributed by atoms with Gasteiger partial charge in [-0.05, 0) is 13.8 Å². The van der Waals surface area contributed by atoms with Crippen LogP contribution in [0.1, 0.15) is 40.2 Å². The number of pyridine rings is 1. The third-order valence-electron chi connectivity index (χ3n) is 4.84. The molecule has 1 N–H and O–H groups in total. The van der Waals surface area contributed by atoms with Crippen molar-refractivity contribution in [3.8, 4) is 21.3 Å². The molecule has 0 unspecified atom stereocenters. The number of allylic oxidation sites excluding steroid dienone is 2. The van der Waals surface area contributed by atoms with Crippen molar-refractivity contribution in [1.29, 1.82) is 0 Å². The maximum atomic E-state index is 10.0. The van der Waals surface area contributed by atoms with Crippen LogP contribution in [0.5, 0.6) is 0 Å². The number of aliphatic hydroxyl groups excluding tert-OH is 1. The van der Waals surface area contributed by atoms with Crippen LogP contribution in [0, 0.1) is 6.07 Å². The molecular formula is C28H28IrNO2Se-. The van der Waals surface area contributed by atoms with Crippen LogP contribution in [0.25, 0.3) is 30.9 Å². The van der Waals surface area contributed by atoms with E-state index in [0.29, 0.717) is 14.5 Å². The fourth-order valence-corrected chi connectivity index (χ4v) is 5.35. The largest absolute Gasteiger partial charge is 0 e. The fraction of sp³-hybridized carbons (Fsp3) is 0.214. The molecule has 0 saturated heterocycles. The van der Waals surface area contributed by atoms with E-state index >= 15 is 0 Å². The average Bonchev–Trinajstić information content (AvgIpc) is 3.17. The Bertz CT molecular complexity index is 1230. The maximum Gasteiger partial charge on any atom is 0 e. The molecule has 4 rings (SSSR count). The van der Waals surface area contributed by atoms with Gasteiger partial charge in [0.1, 0.15) is 0 Å². The van der Waals surface area contributed by atoms with Crippen molar-refractivity contribution in [3.05, 3.63) is 90.3 Å². The fourth-order valence-electron chi connectivity index (χ4n) is 3.22. The van der Waals surface area contributed by atoms with E-state index in [-0.39, 0.29) is 37.1 Å². The molecule has 0 amide bonds. The third kappa shape index (κ3) is 7.62. The molecule has 0 aliphatic rings. The van der Waals surface area contributed by atoms with Crippen molar-refractivity contribution < 1.29 is 30.0 Å². The summed E-state index contributed by atoms with van der Waals surface area (Å²) in [7, 11) is 0. The normalized spacial score (nSPS) is 11.4. The van der Waals surface area contributed by atoms with Crippen molar-refractivity contribution in [2.75, 3.05) is 0 Å². The summed E-state index contributed by atoms with van der Waals surface area (Å²) in [6, 6.07) is 24.8. The molecule has 5 heteroatoms. The molecular weight excluding hydrogens is 653 g/mol. The zero-order chi connectivity index (χ0) is 23.3. The van der Waals surface area contributed by atoms with E-state index in [1.165, 1.54) is 45.1 Å². The van der Waals surface area contributed by atoms with Crippen molar-refractivity contribution in [3.63, 3.8) is 0 Å². The predicted octanol–water partition coefficient (Wildman–Crippen LogP) is 6.76. The maximum absolute atomic E-state index is 10.0. The Labute approximate surface area is 215 Å². The SMILES string of the molecule is CC(=O)/C=C(/C)O.CC(C)(C)c1ccc(-c2cc3cc(-c4[c-]cccc4)ncc3[se]2)cc1.[Ir]. The standard InChI is InChI=1S/C23H20NSe.C5H8O2.Ir/c1-23(2,3)19-11-9-17(10-12-19)21-14-18-13-20(24-15-22(18)25-21)16-7-5-4-6-8-16;1-4(6)3-5(2)7;/h4-7,9-15H,1-3H3;3,6H,1-2H3;/q-1;;/b;4-3-;. The van der Waals surface area contributed by atoms with E-state index in [1.54, 1.807) is 0 Å². The van der Waals surface area contributed by atoms with Crippen LogP contribution < -0.4 is 0 Å². The van der Waals surface area contributed by atoms with E-state index in [9.17, 15) is 4.79 Å². The summed E-state index contributed by atoms with van der Waals surface area (Å²) >= 11 is 0.324. The van der Waals surface area contributed by atoms with Crippen LogP contribution in [0.3, 0.4) is 0 Å². The molecule has 3 nitrogen and oxygen atoms in total. The second-order valence-electron chi connectivity index (χ2n) is 8.72. The van der Waals surface area contributed by atoms with E-state index in [0.717, 1.165) is 11.3 Å². The summed E-state index contributed by atoms with van der Waals surface area (Å²) < 4.78 is 2.79. The molecule has 0 atom stereocenters. The number of nitrogens with zero attached hydrogens (tertiary/aromatic N) is 1. The Kier molecular flexibility index (Phi) is 9.57. The van der Waals surface area contributed by atoms with Crippen molar-refractivity contribution in [2.45, 2.75) is 40.0 Å². The van der Waals surface area contributed by atoms with Gasteiger partial charge in [0.2, 0.25) is 0 Å². The van der Waals surface area contributed by atoms with Gasteiger partial charge in [0.25, 0.3) is 0 Å². The van der Waals surface area contributed by atoms with Gasteiger partial charge in [0.15, 0.2) is 5.78 Å². The first-order valence-corrected chi connectivity index (χ1v) is 12.2. The van der Waals surface area contributed by atoms with E-state index in [2.05, 4.69) is 74.3 Å². The summed E-state index contributed by atoms with van der Waals surface area (Å²) in [6.07, 6.45) is 3.21. The minimum atomic E-state index is -0.125. The Morgan fingerprint density at radius 2 is 1.76 bits per heavy atom. The molecule has 4 aromatic rings. The van der Waals surface area contributed by atoms with Crippen molar-refractivity contribution >= 4 is 29.9 Å². The molecule has 2 aromatic carbocycles. The predicted molar refractivity (Wildman–Crippen MR) is 134 cm³/mol. The first kappa shape index (κ1) is 27.0. The number of rotatable bonds is 3. The van der Waals surface area contributed by atoms with Gasteiger partial charge in [0.05, 0.1) is 5.76 Å². The minimum absolute atomic E-state index is 0. The number of benzene rings is 2. The van der Waals surface area contributed by atoms with Crippen LogP contribution in [-0.4, -0.2) is 30.4 Å². The summed E-state index contributed by atoms with van der Waals surface area (Å²) in [5.41, 5.74) is 4.95. The molecule has 2 aromatic heterocycles. The van der Waals surface area contributed by atoms with Gasteiger partial charge in [-0.1, -0.05) is 0 Å². The number of fused-ring (bicyclic) bond motifs is 1. The number of aliphatic hydroxyl groups is 1. The zero-order valence-corrected chi connectivity index (χ0v) is 23.6. The molecule has 33 heavy (non-hydrogen) atoms. The number of aromatic nitrogens is 1. The summed E-state index contributed by atoms with van der Waals surface area (Å²) in [6.45, 7) is 9.61. The summed E-state index contributed by atoms with van der Waals surface area (Å²) in [5.74, 6) is -0.0625. The smallest absolute Gasteiger partial charge is 0 e. The number of ketones is 1. The van der Waals surface area contributed by atoms with Gasteiger partial charge in [0, 0.05) is 26.2 Å². The summed E-state index contributed by atoms with van der Waals surface area (Å²) in [5, 5.41) is 9.67. The van der Waals surface area contributed by atoms with Crippen LogP contribution in [0.4, 0.5) is 0 Å². The number of carbonyl (C=O) groups excluding carboxylic acids is 1. The monoisotopic (exact) mass is 683 g/mol. The summed E-state index contributed by atoms with van der Waals surface area (Å²) in [4.78, 5) is 14.7. The Morgan fingerprint density at radius 1 is 1.06 bits per heavy atom. The Morgan fingerprint density at radius 3 is 2.27 bits per heavy atom. The molecule has 0 aliphatic carbocycles. The first-order valence-electron chi connectivity index (χ1n) is 10.5. The van der Waals surface area contributed by atoms with Crippen LogP contribution in [-0.2, 0) is 30.3 Å². The zero-order valence-electron chi connectivity index (χ0n) is 19.5. The second-order valence-corrected chi connectivity index (χ2v) is 11.0. The molecule has 0 saturated carbocycles. The van der Waals surface area contributed by atoms with Crippen LogP contribution >= 0.6 is 0 Å². The Balaban J connectivity index is 0.000000423. The van der Waals surface area contributed by atoms with Crippen LogP contribution in [0.15, 0.2) is 78.7 Å². The van der Waals surface area contributed by atoms with Gasteiger partial charge in [-0.15, -0.1) is 0 Å². The van der Waals surface area contributed by atoms with Gasteiger partial charge in [-0.2, -0.15) is 0 Å². The number of carbonyl (C=O) groups is 1. The quantitative estimate of drug-likeness (QED) is 0.113. The molecule has 1 radical (unpaired) electrons. The average molecular weight is 682 g/mol. The number of hydrogen-bond acceptors (Lipinski definition) is 3. The molecule has 173 valence electrons. The van der Waals surface area contributed by atoms with Crippen molar-refractivity contribution in [1.82, 2.24) is 4.98 Å². The molecule has 0 fully saturated rings. The van der Waals surface area contributed by atoms with Gasteiger partial charge >= 0.3 is 155 Å². The molecule has 0 spiro atoms. The van der Waals surface area contributed by atoms with Gasteiger partial charge < -0.3 is 5.11 Å². The minimum Gasteiger partial charge on any atom is 0 e. The van der Waals surface area contributed by atoms with Gasteiger partial charge in [-0.3, -0.25) is 4.79 Å². The van der Waals surface area contributed by atoms with Crippen molar-refractivity contribution in [2.24, 2.45) is 0 Å². The third-order valence-corrected chi connectivity index (χ3v) is 7.22. The van der Waals surface area contributed by atoms with E-state index in [4.69, 9.17) is 5.11 Å². The molecule has 0 bridgehead atoms. The molecule has 0 aliphatic heterocycles. The van der Waals surface area contributed by atoms with Crippen LogP contribution in [0.2, 0.25) is 0 Å². The number of hydrogen-bond donors (Lipinski definition) is 1. The van der Waals surface area contributed by atoms with E-state index in [1.807, 2.05) is 24.4 Å². The van der Waals surface area contributed by atoms with Gasteiger partial charge in [-0.25, -0.2) is 0 Å².